The van der Waals surface area contributed by atoms with Gasteiger partial charge < -0.3 is 4.74 Å². The highest BCUT2D eigenvalue weighted by molar-refractivity contribution is 9.10. The van der Waals surface area contributed by atoms with Gasteiger partial charge in [0.25, 0.3) is 0 Å². The average Bonchev–Trinajstić information content (AvgIpc) is 2.83. The van der Waals surface area contributed by atoms with Crippen LogP contribution in [0.1, 0.15) is 11.1 Å². The summed E-state index contributed by atoms with van der Waals surface area (Å²) in [5.41, 5.74) is 1.05. The number of cyclic esters (lactones) is 1. The molecule has 5 heteroatoms. The maximum Gasteiger partial charge on any atom is 0.363 e. The van der Waals surface area contributed by atoms with Crippen LogP contribution in [0.15, 0.2) is 63.7 Å². The van der Waals surface area contributed by atoms with Gasteiger partial charge in [-0.2, -0.15) is 0 Å². The fourth-order valence-electron chi connectivity index (χ4n) is 1.89. The lowest BCUT2D eigenvalue weighted by atomic mass is 10.2. The van der Waals surface area contributed by atoms with Gasteiger partial charge in [-0.25, -0.2) is 14.2 Å². The third-order valence-electron chi connectivity index (χ3n) is 2.89. The molecular weight excluding hydrogens is 337 g/mol. The van der Waals surface area contributed by atoms with Crippen molar-refractivity contribution in [1.29, 1.82) is 0 Å². The molecule has 0 N–H and O–H groups in total. The van der Waals surface area contributed by atoms with Crippen LogP contribution in [0.25, 0.3) is 6.08 Å². The van der Waals surface area contributed by atoms with E-state index in [1.165, 1.54) is 12.1 Å². The van der Waals surface area contributed by atoms with Crippen LogP contribution in [0.3, 0.4) is 0 Å². The van der Waals surface area contributed by atoms with E-state index >= 15 is 0 Å². The predicted molar refractivity (Wildman–Crippen MR) is 81.1 cm³/mol. The molecule has 0 amide bonds. The zero-order valence-corrected chi connectivity index (χ0v) is 12.3. The van der Waals surface area contributed by atoms with Crippen LogP contribution < -0.4 is 0 Å². The quantitative estimate of drug-likeness (QED) is 0.610. The number of hydrogen-bond donors (Lipinski definition) is 0. The van der Waals surface area contributed by atoms with Gasteiger partial charge in [0.2, 0.25) is 5.90 Å². The van der Waals surface area contributed by atoms with Gasteiger partial charge in [0.15, 0.2) is 5.70 Å². The monoisotopic (exact) mass is 345 g/mol. The van der Waals surface area contributed by atoms with Gasteiger partial charge in [0, 0.05) is 15.6 Å². The standard InChI is InChI=1S/C16H9BrFNO2/c17-12-6-3-5-11(8-12)15-19-14(16(20)21-15)9-10-4-1-2-7-13(10)18/h1-9H/b14-9+. The molecule has 0 bridgehead atoms. The van der Waals surface area contributed by atoms with E-state index in [4.69, 9.17) is 4.74 Å². The van der Waals surface area contributed by atoms with Crippen molar-refractivity contribution < 1.29 is 13.9 Å². The number of nitrogens with zero attached hydrogens (tertiary/aromatic N) is 1. The van der Waals surface area contributed by atoms with Crippen molar-refractivity contribution in [2.75, 3.05) is 0 Å². The highest BCUT2D eigenvalue weighted by Gasteiger charge is 2.24. The number of carbonyl (C=O) groups is 1. The zero-order valence-electron chi connectivity index (χ0n) is 10.7. The molecule has 3 rings (SSSR count). The summed E-state index contributed by atoms with van der Waals surface area (Å²) in [6, 6.07) is 13.4. The Kier molecular flexibility index (Phi) is 3.66. The van der Waals surface area contributed by atoms with Crippen molar-refractivity contribution in [2.45, 2.75) is 0 Å². The fraction of sp³-hybridized carbons (Fsp3) is 0. The predicted octanol–water partition coefficient (Wildman–Crippen LogP) is 3.93. The van der Waals surface area contributed by atoms with Gasteiger partial charge in [0.1, 0.15) is 5.82 Å². The molecule has 2 aromatic rings. The Balaban J connectivity index is 1.98. The Hall–Kier alpha value is -2.27. The lowest BCUT2D eigenvalue weighted by molar-refractivity contribution is -0.129. The molecule has 0 unspecified atom stereocenters. The van der Waals surface area contributed by atoms with Gasteiger partial charge in [-0.3, -0.25) is 0 Å². The van der Waals surface area contributed by atoms with Gasteiger partial charge in [0.05, 0.1) is 0 Å². The Labute approximate surface area is 128 Å². The molecule has 0 radical (unpaired) electrons. The zero-order chi connectivity index (χ0) is 14.8. The van der Waals surface area contributed by atoms with Crippen molar-refractivity contribution in [2.24, 2.45) is 4.99 Å². The summed E-state index contributed by atoms with van der Waals surface area (Å²) in [6.45, 7) is 0. The number of benzene rings is 2. The number of hydrogen-bond acceptors (Lipinski definition) is 3. The molecule has 1 aliphatic rings. The molecule has 0 aliphatic carbocycles. The molecule has 1 aliphatic heterocycles. The highest BCUT2D eigenvalue weighted by atomic mass is 79.9. The van der Waals surface area contributed by atoms with E-state index in [0.717, 1.165) is 4.47 Å². The first-order valence-electron chi connectivity index (χ1n) is 6.16. The van der Waals surface area contributed by atoms with E-state index in [2.05, 4.69) is 20.9 Å². The summed E-state index contributed by atoms with van der Waals surface area (Å²) in [7, 11) is 0. The maximum absolute atomic E-state index is 13.6. The van der Waals surface area contributed by atoms with Crippen LogP contribution in [0, 0.1) is 5.82 Å². The molecule has 0 aromatic heterocycles. The van der Waals surface area contributed by atoms with Gasteiger partial charge in [-0.05, 0) is 30.3 Å². The second-order valence-electron chi connectivity index (χ2n) is 4.37. The van der Waals surface area contributed by atoms with Crippen molar-refractivity contribution in [1.82, 2.24) is 0 Å². The van der Waals surface area contributed by atoms with Crippen LogP contribution in [-0.2, 0) is 9.53 Å². The fourth-order valence-corrected chi connectivity index (χ4v) is 2.29. The van der Waals surface area contributed by atoms with E-state index in [1.54, 1.807) is 30.3 Å². The molecule has 0 saturated carbocycles. The molecule has 0 saturated heterocycles. The van der Waals surface area contributed by atoms with E-state index < -0.39 is 11.8 Å². The Bertz CT molecular complexity index is 783. The number of halogens is 2. The molecule has 0 fully saturated rings. The summed E-state index contributed by atoms with van der Waals surface area (Å²) in [6.07, 6.45) is 1.38. The first-order chi connectivity index (χ1) is 10.1. The molecule has 0 spiro atoms. The van der Waals surface area contributed by atoms with E-state index in [1.807, 2.05) is 12.1 Å². The first kappa shape index (κ1) is 13.7. The summed E-state index contributed by atoms with van der Waals surface area (Å²) < 4.78 is 19.6. The second-order valence-corrected chi connectivity index (χ2v) is 5.28. The van der Waals surface area contributed by atoms with Gasteiger partial charge in [-0.15, -0.1) is 0 Å². The van der Waals surface area contributed by atoms with Crippen LogP contribution in [0.5, 0.6) is 0 Å². The van der Waals surface area contributed by atoms with Gasteiger partial charge in [-0.1, -0.05) is 40.2 Å². The molecular formula is C16H9BrFNO2. The molecule has 2 aromatic carbocycles. The van der Waals surface area contributed by atoms with Crippen LogP contribution in [0.2, 0.25) is 0 Å². The maximum atomic E-state index is 13.6. The minimum Gasteiger partial charge on any atom is -0.402 e. The number of carbonyl (C=O) groups excluding carboxylic acids is 1. The summed E-state index contributed by atoms with van der Waals surface area (Å²) in [5.74, 6) is -0.791. The molecule has 21 heavy (non-hydrogen) atoms. The van der Waals surface area contributed by atoms with E-state index in [0.29, 0.717) is 11.1 Å². The van der Waals surface area contributed by atoms with Crippen molar-refractivity contribution in [3.8, 4) is 0 Å². The summed E-state index contributed by atoms with van der Waals surface area (Å²) in [5, 5.41) is 0. The molecule has 104 valence electrons. The molecule has 0 atom stereocenters. The Morgan fingerprint density at radius 1 is 1.14 bits per heavy atom. The number of esters is 1. The molecule has 3 nitrogen and oxygen atoms in total. The van der Waals surface area contributed by atoms with Gasteiger partial charge >= 0.3 is 5.97 Å². The third-order valence-corrected chi connectivity index (χ3v) is 3.38. The minimum absolute atomic E-state index is 0.0788. The number of rotatable bonds is 2. The van der Waals surface area contributed by atoms with Crippen molar-refractivity contribution >= 4 is 33.9 Å². The van der Waals surface area contributed by atoms with E-state index in [-0.39, 0.29) is 11.6 Å². The van der Waals surface area contributed by atoms with Crippen molar-refractivity contribution in [3.63, 3.8) is 0 Å². The third kappa shape index (κ3) is 2.92. The Morgan fingerprint density at radius 2 is 1.95 bits per heavy atom. The molecule has 1 heterocycles. The van der Waals surface area contributed by atoms with Crippen LogP contribution in [0.4, 0.5) is 4.39 Å². The van der Waals surface area contributed by atoms with Crippen LogP contribution in [-0.4, -0.2) is 11.9 Å². The second kappa shape index (κ2) is 5.61. The van der Waals surface area contributed by atoms with Crippen molar-refractivity contribution in [3.05, 3.63) is 75.6 Å². The normalized spacial score (nSPS) is 16.0. The SMILES string of the molecule is O=C1OC(c2cccc(Br)c2)=N/C1=C/c1ccccc1F. The van der Waals surface area contributed by atoms with E-state index in [9.17, 15) is 9.18 Å². The topological polar surface area (TPSA) is 38.7 Å². The lowest BCUT2D eigenvalue weighted by Crippen LogP contribution is -2.05. The highest BCUT2D eigenvalue weighted by Crippen LogP contribution is 2.21. The number of ether oxygens (including phenoxy) is 1. The smallest absolute Gasteiger partial charge is 0.363 e. The summed E-state index contributed by atoms with van der Waals surface area (Å²) in [4.78, 5) is 16.0. The van der Waals surface area contributed by atoms with Crippen LogP contribution >= 0.6 is 15.9 Å². The lowest BCUT2D eigenvalue weighted by Gasteiger charge is -1.99. The largest absolute Gasteiger partial charge is 0.402 e. The summed E-state index contributed by atoms with van der Waals surface area (Å²) >= 11 is 3.34. The average molecular weight is 346 g/mol. The number of aliphatic imine (C=N–C) groups is 1. The minimum atomic E-state index is -0.590. The first-order valence-corrected chi connectivity index (χ1v) is 6.96. The Morgan fingerprint density at radius 3 is 2.71 bits per heavy atom.